The molecule has 2 aromatic rings. The van der Waals surface area contributed by atoms with E-state index in [0.717, 1.165) is 24.8 Å². The average molecular weight is 581 g/mol. The Bertz CT molecular complexity index is 1290. The van der Waals surface area contributed by atoms with Crippen LogP contribution in [0.5, 0.6) is 0 Å². The van der Waals surface area contributed by atoms with Crippen molar-refractivity contribution in [3.05, 3.63) is 65.5 Å². The molecule has 9 nitrogen and oxygen atoms in total. The summed E-state index contributed by atoms with van der Waals surface area (Å²) in [5.74, 6) is -0.943. The molecule has 4 amide bonds. The minimum Gasteiger partial charge on any atom is -0.444 e. The van der Waals surface area contributed by atoms with Crippen LogP contribution in [0, 0.1) is 17.7 Å². The first-order chi connectivity index (χ1) is 19.9. The normalized spacial score (nSPS) is 20.9. The number of rotatable bonds is 6. The lowest BCUT2D eigenvalue weighted by atomic mass is 9.87. The average Bonchev–Trinajstić information content (AvgIpc) is 2.93. The number of ether oxygens (including phenoxy) is 1. The monoisotopic (exact) mass is 580 g/mol. The minimum atomic E-state index is -0.680. The smallest absolute Gasteiger partial charge is 0.410 e. The first-order valence-corrected chi connectivity index (χ1v) is 14.6. The number of anilines is 1. The van der Waals surface area contributed by atoms with Crippen LogP contribution in [0.2, 0.25) is 0 Å². The van der Waals surface area contributed by atoms with Crippen molar-refractivity contribution < 1.29 is 28.3 Å². The Hall–Kier alpha value is -3.95. The van der Waals surface area contributed by atoms with Crippen molar-refractivity contribution in [2.24, 2.45) is 11.8 Å². The summed E-state index contributed by atoms with van der Waals surface area (Å²) in [6.07, 6.45) is 2.42. The van der Waals surface area contributed by atoms with Crippen molar-refractivity contribution in [3.63, 3.8) is 0 Å². The van der Waals surface area contributed by atoms with E-state index in [4.69, 9.17) is 4.74 Å². The van der Waals surface area contributed by atoms with Crippen LogP contribution < -0.4 is 10.6 Å². The van der Waals surface area contributed by atoms with Crippen molar-refractivity contribution in [1.29, 1.82) is 0 Å². The van der Waals surface area contributed by atoms with Gasteiger partial charge in [0.2, 0.25) is 5.91 Å². The predicted octanol–water partition coefficient (Wildman–Crippen LogP) is 5.26. The highest BCUT2D eigenvalue weighted by atomic mass is 19.1. The summed E-state index contributed by atoms with van der Waals surface area (Å²) in [4.78, 5) is 55.1. The van der Waals surface area contributed by atoms with Gasteiger partial charge in [-0.3, -0.25) is 9.59 Å². The summed E-state index contributed by atoms with van der Waals surface area (Å²) in [5.41, 5.74) is 1.29. The standard InChI is InChI=1S/C32H41FN4O5/c1-21(38)24-8-5-9-26(18-24)34-30(40)35-28-14-16-37(31(41)42-32(2,3)4)20-27(28)29(39)36-15-6-7-23(19-36)17-22-10-12-25(33)13-11-22/h5,8-13,18,23,27-28H,6-7,14-17,19-20H2,1-4H3,(H2,34,35,40)/t23?,27?,28-/m1/s1. The van der Waals surface area contributed by atoms with E-state index in [9.17, 15) is 23.6 Å². The fourth-order valence-electron chi connectivity index (χ4n) is 5.64. The maximum Gasteiger partial charge on any atom is 0.410 e. The molecule has 2 aliphatic rings. The molecule has 0 saturated carbocycles. The van der Waals surface area contributed by atoms with E-state index in [1.54, 1.807) is 62.1 Å². The molecule has 2 heterocycles. The maximum absolute atomic E-state index is 14.0. The number of hydrogen-bond acceptors (Lipinski definition) is 5. The quantitative estimate of drug-likeness (QED) is 0.454. The third-order valence-electron chi connectivity index (χ3n) is 7.69. The summed E-state index contributed by atoms with van der Waals surface area (Å²) in [5, 5.41) is 5.72. The molecule has 2 unspecified atom stereocenters. The number of nitrogens with one attached hydrogen (secondary N) is 2. The molecular formula is C32H41FN4O5. The summed E-state index contributed by atoms with van der Waals surface area (Å²) in [6, 6.07) is 12.1. The zero-order valence-corrected chi connectivity index (χ0v) is 24.8. The first-order valence-electron chi connectivity index (χ1n) is 14.6. The SMILES string of the molecule is CC(=O)c1cccc(NC(=O)N[C@@H]2CCN(C(=O)OC(C)(C)C)CC2C(=O)N2CCCC(Cc3ccc(F)cc3)C2)c1. The molecule has 0 radical (unpaired) electrons. The van der Waals surface area contributed by atoms with Crippen molar-refractivity contribution in [1.82, 2.24) is 15.1 Å². The van der Waals surface area contributed by atoms with E-state index in [2.05, 4.69) is 10.6 Å². The van der Waals surface area contributed by atoms with Gasteiger partial charge in [-0.05, 0) is 89.1 Å². The van der Waals surface area contributed by atoms with E-state index >= 15 is 0 Å². The lowest BCUT2D eigenvalue weighted by molar-refractivity contribution is -0.140. The molecule has 2 aliphatic heterocycles. The Morgan fingerprint density at radius 1 is 0.976 bits per heavy atom. The predicted molar refractivity (Wildman–Crippen MR) is 158 cm³/mol. The van der Waals surface area contributed by atoms with Crippen LogP contribution in [0.4, 0.5) is 19.7 Å². The van der Waals surface area contributed by atoms with Crippen LogP contribution in [0.15, 0.2) is 48.5 Å². The number of halogens is 1. The molecule has 42 heavy (non-hydrogen) atoms. The number of carbonyl (C=O) groups excluding carboxylic acids is 4. The van der Waals surface area contributed by atoms with Gasteiger partial charge in [-0.15, -0.1) is 0 Å². The molecule has 2 aromatic carbocycles. The molecule has 2 fully saturated rings. The van der Waals surface area contributed by atoms with E-state index < -0.39 is 29.7 Å². The van der Waals surface area contributed by atoms with Crippen molar-refractivity contribution in [2.75, 3.05) is 31.5 Å². The number of piperidine rings is 2. The van der Waals surface area contributed by atoms with Gasteiger partial charge in [0.1, 0.15) is 11.4 Å². The number of ketones is 1. The van der Waals surface area contributed by atoms with Crippen molar-refractivity contribution in [2.45, 2.75) is 65.0 Å². The van der Waals surface area contributed by atoms with Gasteiger partial charge >= 0.3 is 12.1 Å². The fourth-order valence-corrected chi connectivity index (χ4v) is 5.64. The maximum atomic E-state index is 14.0. The van der Waals surface area contributed by atoms with Gasteiger partial charge in [0.25, 0.3) is 0 Å². The summed E-state index contributed by atoms with van der Waals surface area (Å²) in [7, 11) is 0. The van der Waals surface area contributed by atoms with Crippen LogP contribution in [-0.2, 0) is 16.0 Å². The number of nitrogens with zero attached hydrogens (tertiary/aromatic N) is 2. The third kappa shape index (κ3) is 8.53. The van der Waals surface area contributed by atoms with Crippen LogP contribution in [0.25, 0.3) is 0 Å². The van der Waals surface area contributed by atoms with Gasteiger partial charge in [0.05, 0.1) is 5.92 Å². The highest BCUT2D eigenvalue weighted by molar-refractivity contribution is 5.97. The zero-order chi connectivity index (χ0) is 30.4. The third-order valence-corrected chi connectivity index (χ3v) is 7.69. The number of likely N-dealkylation sites (tertiary alicyclic amines) is 2. The highest BCUT2D eigenvalue weighted by Gasteiger charge is 2.41. The second-order valence-electron chi connectivity index (χ2n) is 12.3. The molecule has 0 aliphatic carbocycles. The molecule has 3 atom stereocenters. The summed E-state index contributed by atoms with van der Waals surface area (Å²) >= 11 is 0. The highest BCUT2D eigenvalue weighted by Crippen LogP contribution is 2.27. The second-order valence-corrected chi connectivity index (χ2v) is 12.3. The Balaban J connectivity index is 1.47. The number of amides is 4. The lowest BCUT2D eigenvalue weighted by Gasteiger charge is -2.42. The molecule has 4 rings (SSSR count). The number of Topliss-reactive ketones (excluding diaryl/α,β-unsaturated/α-hetero) is 1. The number of carbonyl (C=O) groups is 4. The molecule has 0 spiro atoms. The van der Waals surface area contributed by atoms with Crippen LogP contribution in [0.3, 0.4) is 0 Å². The molecule has 226 valence electrons. The largest absolute Gasteiger partial charge is 0.444 e. The number of benzene rings is 2. The molecule has 2 saturated heterocycles. The van der Waals surface area contributed by atoms with Gasteiger partial charge in [-0.2, -0.15) is 0 Å². The Labute approximate surface area is 246 Å². The Morgan fingerprint density at radius 2 is 1.71 bits per heavy atom. The van der Waals surface area contributed by atoms with Gasteiger partial charge in [0, 0.05) is 43.5 Å². The molecular weight excluding hydrogens is 539 g/mol. The van der Waals surface area contributed by atoms with Gasteiger partial charge in [0.15, 0.2) is 5.78 Å². The number of hydrogen-bond donors (Lipinski definition) is 2. The van der Waals surface area contributed by atoms with E-state index in [1.807, 2.05) is 4.90 Å². The summed E-state index contributed by atoms with van der Waals surface area (Å²) < 4.78 is 19.0. The van der Waals surface area contributed by atoms with Gasteiger partial charge in [-0.25, -0.2) is 14.0 Å². The van der Waals surface area contributed by atoms with Gasteiger partial charge in [-0.1, -0.05) is 24.3 Å². The zero-order valence-electron chi connectivity index (χ0n) is 24.8. The fraction of sp³-hybridized carbons (Fsp3) is 0.500. The van der Waals surface area contributed by atoms with E-state index in [1.165, 1.54) is 19.1 Å². The Morgan fingerprint density at radius 3 is 2.40 bits per heavy atom. The number of urea groups is 1. The van der Waals surface area contributed by atoms with E-state index in [0.29, 0.717) is 37.3 Å². The van der Waals surface area contributed by atoms with Crippen LogP contribution in [-0.4, -0.2) is 71.4 Å². The van der Waals surface area contributed by atoms with Crippen molar-refractivity contribution in [3.8, 4) is 0 Å². The Kier molecular flexibility index (Phi) is 9.85. The van der Waals surface area contributed by atoms with Crippen LogP contribution >= 0.6 is 0 Å². The minimum absolute atomic E-state index is 0.113. The molecule has 2 N–H and O–H groups in total. The molecule has 0 aromatic heterocycles. The molecule has 10 heteroatoms. The van der Waals surface area contributed by atoms with Crippen LogP contribution in [0.1, 0.15) is 62.9 Å². The topological polar surface area (TPSA) is 108 Å². The van der Waals surface area contributed by atoms with Gasteiger partial charge < -0.3 is 25.2 Å². The molecule has 0 bridgehead atoms. The van der Waals surface area contributed by atoms with Crippen molar-refractivity contribution >= 4 is 29.5 Å². The second kappa shape index (κ2) is 13.4. The lowest BCUT2D eigenvalue weighted by Crippen LogP contribution is -2.59. The summed E-state index contributed by atoms with van der Waals surface area (Å²) in [6.45, 7) is 8.44. The van der Waals surface area contributed by atoms with E-state index in [-0.39, 0.29) is 30.0 Å². The first kappa shape index (κ1) is 31.0.